The van der Waals surface area contributed by atoms with Gasteiger partial charge in [0.1, 0.15) is 5.69 Å². The van der Waals surface area contributed by atoms with E-state index >= 15 is 0 Å². The lowest BCUT2D eigenvalue weighted by atomic mass is 10.2. The predicted molar refractivity (Wildman–Crippen MR) is 56.0 cm³/mol. The topological polar surface area (TPSA) is 51.4 Å². The van der Waals surface area contributed by atoms with Crippen molar-refractivity contribution in [1.82, 2.24) is 4.57 Å². The molecule has 1 aromatic carbocycles. The van der Waals surface area contributed by atoms with Crippen LogP contribution < -0.4 is 0 Å². The Morgan fingerprint density at radius 1 is 1.40 bits per heavy atom. The minimum Gasteiger partial charge on any atom is -0.285 e. The van der Waals surface area contributed by atoms with Crippen molar-refractivity contribution in [1.29, 1.82) is 0 Å². The molecule has 0 spiro atoms. The third-order valence-electron chi connectivity index (χ3n) is 2.20. The molecule has 0 fully saturated rings. The molecule has 0 amide bonds. The zero-order valence-electron chi connectivity index (χ0n) is 8.10. The van der Waals surface area contributed by atoms with Crippen molar-refractivity contribution in [2.45, 2.75) is 6.92 Å². The van der Waals surface area contributed by atoms with E-state index in [0.717, 1.165) is 10.9 Å². The molecule has 2 rings (SSSR count). The maximum Gasteiger partial charge on any atom is 0.240 e. The summed E-state index contributed by atoms with van der Waals surface area (Å²) in [4.78, 5) is 25.1. The molecule has 4 heteroatoms. The molecule has 15 heavy (non-hydrogen) atoms. The highest BCUT2D eigenvalue weighted by Crippen LogP contribution is 2.27. The number of rotatable bonds is 1. The molecular formula is C11H8N2O2. The number of para-hydroxylation sites is 1. The lowest BCUT2D eigenvalue weighted by Crippen LogP contribution is -2.02. The molecule has 0 aliphatic heterocycles. The van der Waals surface area contributed by atoms with E-state index in [4.69, 9.17) is 0 Å². The molecule has 1 aromatic heterocycles. The van der Waals surface area contributed by atoms with Crippen molar-refractivity contribution in [3.05, 3.63) is 30.5 Å². The fourth-order valence-electron chi connectivity index (χ4n) is 1.56. The van der Waals surface area contributed by atoms with E-state index in [1.54, 1.807) is 6.07 Å². The summed E-state index contributed by atoms with van der Waals surface area (Å²) in [6.07, 6.45) is 3.02. The van der Waals surface area contributed by atoms with Crippen molar-refractivity contribution in [2.24, 2.45) is 4.99 Å². The van der Waals surface area contributed by atoms with Gasteiger partial charge in [-0.05, 0) is 6.07 Å². The van der Waals surface area contributed by atoms with Crippen LogP contribution in [-0.2, 0) is 4.79 Å². The molecule has 4 nitrogen and oxygen atoms in total. The summed E-state index contributed by atoms with van der Waals surface area (Å²) in [7, 11) is 0. The van der Waals surface area contributed by atoms with Gasteiger partial charge < -0.3 is 0 Å². The summed E-state index contributed by atoms with van der Waals surface area (Å²) in [6.45, 7) is 1.46. The Balaban J connectivity index is 2.84. The quantitative estimate of drug-likeness (QED) is 0.523. The number of benzene rings is 1. The maximum atomic E-state index is 11.3. The number of fused-ring (bicyclic) bond motifs is 1. The van der Waals surface area contributed by atoms with Gasteiger partial charge in [-0.15, -0.1) is 0 Å². The Kier molecular flexibility index (Phi) is 2.20. The summed E-state index contributed by atoms with van der Waals surface area (Å²) in [5.74, 6) is -0.112. The molecule has 0 radical (unpaired) electrons. The first kappa shape index (κ1) is 9.37. The van der Waals surface area contributed by atoms with Crippen LogP contribution in [0.1, 0.15) is 11.7 Å². The van der Waals surface area contributed by atoms with E-state index in [2.05, 4.69) is 4.99 Å². The molecule has 0 aliphatic rings. The lowest BCUT2D eigenvalue weighted by Gasteiger charge is -1.96. The van der Waals surface area contributed by atoms with E-state index < -0.39 is 0 Å². The first-order chi connectivity index (χ1) is 7.24. The third kappa shape index (κ3) is 1.47. The van der Waals surface area contributed by atoms with E-state index in [1.807, 2.05) is 18.2 Å². The Hall–Kier alpha value is -2.19. The second kappa shape index (κ2) is 3.52. The Bertz CT molecular complexity index is 541. The Morgan fingerprint density at radius 3 is 2.80 bits per heavy atom. The van der Waals surface area contributed by atoms with Gasteiger partial charge in [-0.2, -0.15) is 4.99 Å². The zero-order valence-corrected chi connectivity index (χ0v) is 8.10. The molecule has 2 aromatic rings. The number of nitrogens with zero attached hydrogens (tertiary/aromatic N) is 2. The fraction of sp³-hybridized carbons (Fsp3) is 0.0909. The molecule has 0 bridgehead atoms. The van der Waals surface area contributed by atoms with E-state index in [1.165, 1.54) is 23.8 Å². The standard InChI is InChI=1S/C11H8N2O2/c1-8(15)13-6-10(12-7-14)9-4-2-3-5-11(9)13/h2-6H,1H3. The van der Waals surface area contributed by atoms with Gasteiger partial charge in [0.05, 0.1) is 5.52 Å². The smallest absolute Gasteiger partial charge is 0.240 e. The van der Waals surface area contributed by atoms with Gasteiger partial charge in [-0.25, -0.2) is 4.79 Å². The van der Waals surface area contributed by atoms with Gasteiger partial charge in [-0.3, -0.25) is 9.36 Å². The van der Waals surface area contributed by atoms with Gasteiger partial charge in [0, 0.05) is 18.5 Å². The maximum absolute atomic E-state index is 11.3. The van der Waals surface area contributed by atoms with Crippen molar-refractivity contribution in [3.8, 4) is 0 Å². The fourth-order valence-corrected chi connectivity index (χ4v) is 1.56. The summed E-state index contributed by atoms with van der Waals surface area (Å²) >= 11 is 0. The number of isocyanates is 1. The van der Waals surface area contributed by atoms with Crippen molar-refractivity contribution >= 4 is 28.6 Å². The van der Waals surface area contributed by atoms with Crippen LogP contribution in [0.15, 0.2) is 35.5 Å². The number of aromatic nitrogens is 1. The van der Waals surface area contributed by atoms with Gasteiger partial charge in [0.15, 0.2) is 0 Å². The third-order valence-corrected chi connectivity index (χ3v) is 2.20. The van der Waals surface area contributed by atoms with Crippen LogP contribution in [0, 0.1) is 0 Å². The van der Waals surface area contributed by atoms with Crippen molar-refractivity contribution < 1.29 is 9.59 Å². The van der Waals surface area contributed by atoms with Crippen LogP contribution in [0.3, 0.4) is 0 Å². The van der Waals surface area contributed by atoms with Crippen LogP contribution in [0.5, 0.6) is 0 Å². The van der Waals surface area contributed by atoms with Crippen molar-refractivity contribution in [2.75, 3.05) is 0 Å². The highest BCUT2D eigenvalue weighted by molar-refractivity contribution is 5.98. The predicted octanol–water partition coefficient (Wildman–Crippen LogP) is 2.27. The average molecular weight is 200 g/mol. The molecule has 0 aliphatic carbocycles. The first-order valence-corrected chi connectivity index (χ1v) is 4.43. The highest BCUT2D eigenvalue weighted by Gasteiger charge is 2.09. The molecular weight excluding hydrogens is 192 g/mol. The van der Waals surface area contributed by atoms with E-state index in [-0.39, 0.29) is 5.91 Å². The van der Waals surface area contributed by atoms with Gasteiger partial charge in [-0.1, -0.05) is 18.2 Å². The largest absolute Gasteiger partial charge is 0.285 e. The summed E-state index contributed by atoms with van der Waals surface area (Å²) in [5.41, 5.74) is 1.22. The second-order valence-electron chi connectivity index (χ2n) is 3.12. The molecule has 0 saturated carbocycles. The van der Waals surface area contributed by atoms with E-state index in [9.17, 15) is 9.59 Å². The molecule has 0 saturated heterocycles. The Morgan fingerprint density at radius 2 is 2.13 bits per heavy atom. The molecule has 1 heterocycles. The monoisotopic (exact) mass is 200 g/mol. The molecule has 0 atom stereocenters. The van der Waals surface area contributed by atoms with Crippen LogP contribution in [0.25, 0.3) is 10.9 Å². The SMILES string of the molecule is CC(=O)n1cc(N=C=O)c2ccccc21. The number of carbonyl (C=O) groups excluding carboxylic acids is 2. The zero-order chi connectivity index (χ0) is 10.8. The van der Waals surface area contributed by atoms with Crippen LogP contribution >= 0.6 is 0 Å². The van der Waals surface area contributed by atoms with Crippen molar-refractivity contribution in [3.63, 3.8) is 0 Å². The second-order valence-corrected chi connectivity index (χ2v) is 3.12. The lowest BCUT2D eigenvalue weighted by molar-refractivity contribution is 0.0941. The van der Waals surface area contributed by atoms with E-state index in [0.29, 0.717) is 5.69 Å². The Labute approximate surface area is 85.8 Å². The minimum absolute atomic E-state index is 0.112. The normalized spacial score (nSPS) is 9.93. The summed E-state index contributed by atoms with van der Waals surface area (Å²) in [6, 6.07) is 7.28. The minimum atomic E-state index is -0.112. The summed E-state index contributed by atoms with van der Waals surface area (Å²) in [5, 5.41) is 0.774. The van der Waals surface area contributed by atoms with Crippen LogP contribution in [0.2, 0.25) is 0 Å². The average Bonchev–Trinajstić information content (AvgIpc) is 2.59. The van der Waals surface area contributed by atoms with Gasteiger partial charge in [0.2, 0.25) is 12.0 Å². The summed E-state index contributed by atoms with van der Waals surface area (Å²) < 4.78 is 1.46. The first-order valence-electron chi connectivity index (χ1n) is 4.43. The number of aliphatic imine (C=N–C) groups is 1. The number of hydrogen-bond donors (Lipinski definition) is 0. The molecule has 0 N–H and O–H groups in total. The molecule has 74 valence electrons. The number of hydrogen-bond acceptors (Lipinski definition) is 3. The van der Waals surface area contributed by atoms with Crippen LogP contribution in [-0.4, -0.2) is 16.6 Å². The van der Waals surface area contributed by atoms with Crippen LogP contribution in [0.4, 0.5) is 5.69 Å². The number of carbonyl (C=O) groups is 1. The van der Waals surface area contributed by atoms with Gasteiger partial charge >= 0.3 is 0 Å². The highest BCUT2D eigenvalue weighted by atomic mass is 16.1. The van der Waals surface area contributed by atoms with Gasteiger partial charge in [0.25, 0.3) is 0 Å². The molecule has 0 unspecified atom stereocenters.